The van der Waals surface area contributed by atoms with Crippen molar-refractivity contribution in [2.45, 2.75) is 6.92 Å². The summed E-state index contributed by atoms with van der Waals surface area (Å²) >= 11 is 1.21. The molecule has 0 aliphatic carbocycles. The zero-order valence-electron chi connectivity index (χ0n) is 10.0. The Bertz CT molecular complexity index is 540. The molecule has 0 fully saturated rings. The Morgan fingerprint density at radius 2 is 2.28 bits per heavy atom. The van der Waals surface area contributed by atoms with Gasteiger partial charge in [0, 0.05) is 6.20 Å². The summed E-state index contributed by atoms with van der Waals surface area (Å²) in [6.07, 6.45) is 1.67. The van der Waals surface area contributed by atoms with Gasteiger partial charge in [0.15, 0.2) is 4.88 Å². The Labute approximate surface area is 108 Å². The second-order valence-corrected chi connectivity index (χ2v) is 4.29. The molecule has 5 nitrogen and oxygen atoms in total. The number of hydrogen-bond acceptors (Lipinski definition) is 6. The summed E-state index contributed by atoms with van der Waals surface area (Å²) in [5.41, 5.74) is 0.705. The largest absolute Gasteiger partial charge is 0.480 e. The zero-order valence-corrected chi connectivity index (χ0v) is 10.9. The van der Waals surface area contributed by atoms with Crippen LogP contribution in [0.4, 0.5) is 0 Å². The summed E-state index contributed by atoms with van der Waals surface area (Å²) in [6, 6.07) is 5.51. The summed E-state index contributed by atoms with van der Waals surface area (Å²) in [7, 11) is 1.47. The molecule has 0 radical (unpaired) electrons. The summed E-state index contributed by atoms with van der Waals surface area (Å²) < 4.78 is 10.0. The molecule has 0 saturated carbocycles. The van der Waals surface area contributed by atoms with Gasteiger partial charge in [-0.3, -0.25) is 4.98 Å². The van der Waals surface area contributed by atoms with Crippen LogP contribution in [-0.4, -0.2) is 29.7 Å². The highest BCUT2D eigenvalue weighted by Crippen LogP contribution is 2.31. The standard InChI is InChI=1S/C12H12N2O3S/c1-3-17-12(15)9-10(16-2)14-11(18-9)8-6-4-5-7-13-8/h4-7H,3H2,1-2H3. The van der Waals surface area contributed by atoms with Crippen molar-refractivity contribution in [1.82, 2.24) is 9.97 Å². The van der Waals surface area contributed by atoms with Gasteiger partial charge >= 0.3 is 5.97 Å². The number of hydrogen-bond donors (Lipinski definition) is 0. The minimum absolute atomic E-state index is 0.277. The first-order chi connectivity index (χ1) is 8.76. The number of carbonyl (C=O) groups is 1. The van der Waals surface area contributed by atoms with Gasteiger partial charge in [0.2, 0.25) is 5.88 Å². The van der Waals surface area contributed by atoms with Crippen molar-refractivity contribution in [2.24, 2.45) is 0 Å². The lowest BCUT2D eigenvalue weighted by atomic mass is 10.4. The molecule has 0 aliphatic rings. The Kier molecular flexibility index (Phi) is 3.88. The van der Waals surface area contributed by atoms with E-state index in [0.717, 1.165) is 0 Å². The maximum Gasteiger partial charge on any atom is 0.354 e. The van der Waals surface area contributed by atoms with Crippen LogP contribution in [0, 0.1) is 0 Å². The molecule has 0 spiro atoms. The molecule has 6 heteroatoms. The van der Waals surface area contributed by atoms with Gasteiger partial charge in [-0.15, -0.1) is 11.3 Å². The number of rotatable bonds is 4. The van der Waals surface area contributed by atoms with Crippen molar-refractivity contribution < 1.29 is 14.3 Å². The van der Waals surface area contributed by atoms with Crippen LogP contribution in [0.5, 0.6) is 5.88 Å². The average molecular weight is 264 g/mol. The smallest absolute Gasteiger partial charge is 0.354 e. The predicted octanol–water partition coefficient (Wildman–Crippen LogP) is 2.39. The van der Waals surface area contributed by atoms with Crippen molar-refractivity contribution in [3.8, 4) is 16.6 Å². The first kappa shape index (κ1) is 12.5. The monoisotopic (exact) mass is 264 g/mol. The third kappa shape index (κ3) is 2.48. The highest BCUT2D eigenvalue weighted by molar-refractivity contribution is 7.17. The summed E-state index contributed by atoms with van der Waals surface area (Å²) in [5.74, 6) is -0.145. The van der Waals surface area contributed by atoms with E-state index in [-0.39, 0.29) is 5.88 Å². The van der Waals surface area contributed by atoms with E-state index in [4.69, 9.17) is 9.47 Å². The lowest BCUT2D eigenvalue weighted by molar-refractivity contribution is 0.0528. The maximum atomic E-state index is 11.7. The van der Waals surface area contributed by atoms with Gasteiger partial charge in [-0.1, -0.05) is 6.07 Å². The summed E-state index contributed by atoms with van der Waals surface area (Å²) in [4.78, 5) is 20.5. The first-order valence-corrected chi connectivity index (χ1v) is 6.21. The molecule has 94 valence electrons. The highest BCUT2D eigenvalue weighted by Gasteiger charge is 2.21. The van der Waals surface area contributed by atoms with Crippen molar-refractivity contribution in [1.29, 1.82) is 0 Å². The van der Waals surface area contributed by atoms with Gasteiger partial charge in [-0.2, -0.15) is 4.98 Å². The van der Waals surface area contributed by atoms with Crippen LogP contribution in [0.25, 0.3) is 10.7 Å². The van der Waals surface area contributed by atoms with Crippen LogP contribution in [-0.2, 0) is 4.74 Å². The number of pyridine rings is 1. The summed E-state index contributed by atoms with van der Waals surface area (Å²) in [6.45, 7) is 2.07. The van der Waals surface area contributed by atoms with Gasteiger partial charge in [0.05, 0.1) is 19.4 Å². The topological polar surface area (TPSA) is 61.3 Å². The quantitative estimate of drug-likeness (QED) is 0.793. The van der Waals surface area contributed by atoms with Gasteiger partial charge in [0.25, 0.3) is 0 Å². The lowest BCUT2D eigenvalue weighted by Gasteiger charge is -1.99. The van der Waals surface area contributed by atoms with E-state index in [2.05, 4.69) is 9.97 Å². The molecule has 2 aromatic rings. The fraction of sp³-hybridized carbons (Fsp3) is 0.250. The number of carbonyl (C=O) groups excluding carboxylic acids is 1. The second-order valence-electron chi connectivity index (χ2n) is 3.29. The Hall–Kier alpha value is -1.95. The van der Waals surface area contributed by atoms with E-state index in [1.165, 1.54) is 18.4 Å². The average Bonchev–Trinajstić information content (AvgIpc) is 2.84. The van der Waals surface area contributed by atoms with E-state index in [1.54, 1.807) is 13.1 Å². The van der Waals surface area contributed by atoms with Crippen LogP contribution in [0.3, 0.4) is 0 Å². The normalized spacial score (nSPS) is 10.1. The second kappa shape index (κ2) is 5.59. The van der Waals surface area contributed by atoms with Crippen molar-refractivity contribution in [3.05, 3.63) is 29.3 Å². The van der Waals surface area contributed by atoms with E-state index in [9.17, 15) is 4.79 Å². The molecule has 0 N–H and O–H groups in total. The van der Waals surface area contributed by atoms with E-state index >= 15 is 0 Å². The molecule has 2 heterocycles. The van der Waals surface area contributed by atoms with Crippen molar-refractivity contribution in [2.75, 3.05) is 13.7 Å². The fourth-order valence-corrected chi connectivity index (χ4v) is 2.27. The third-order valence-corrected chi connectivity index (χ3v) is 3.17. The van der Waals surface area contributed by atoms with Crippen LogP contribution in [0.15, 0.2) is 24.4 Å². The number of methoxy groups -OCH3 is 1. The number of esters is 1. The maximum absolute atomic E-state index is 11.7. The van der Waals surface area contributed by atoms with Gasteiger partial charge < -0.3 is 9.47 Å². The molecular formula is C12H12N2O3S. The van der Waals surface area contributed by atoms with Crippen LogP contribution in [0.2, 0.25) is 0 Å². The number of nitrogens with zero attached hydrogens (tertiary/aromatic N) is 2. The van der Waals surface area contributed by atoms with Crippen LogP contribution in [0.1, 0.15) is 16.6 Å². The molecular weight excluding hydrogens is 252 g/mol. The molecule has 0 bridgehead atoms. The molecule has 2 aromatic heterocycles. The zero-order chi connectivity index (χ0) is 13.0. The van der Waals surface area contributed by atoms with Crippen molar-refractivity contribution in [3.63, 3.8) is 0 Å². The fourth-order valence-electron chi connectivity index (χ4n) is 1.37. The van der Waals surface area contributed by atoms with Gasteiger partial charge in [0.1, 0.15) is 5.01 Å². The number of aromatic nitrogens is 2. The molecule has 0 aliphatic heterocycles. The first-order valence-electron chi connectivity index (χ1n) is 5.39. The van der Waals surface area contributed by atoms with E-state index in [1.807, 2.05) is 18.2 Å². The third-order valence-electron chi connectivity index (χ3n) is 2.13. The molecule has 0 aromatic carbocycles. The molecule has 2 rings (SSSR count). The molecule has 18 heavy (non-hydrogen) atoms. The Balaban J connectivity index is 2.38. The molecule has 0 saturated heterocycles. The summed E-state index contributed by atoms with van der Waals surface area (Å²) in [5, 5.41) is 0.635. The minimum Gasteiger partial charge on any atom is -0.480 e. The van der Waals surface area contributed by atoms with Crippen LogP contribution < -0.4 is 4.74 Å². The van der Waals surface area contributed by atoms with Crippen LogP contribution >= 0.6 is 11.3 Å². The molecule has 0 amide bonds. The SMILES string of the molecule is CCOC(=O)c1sc(-c2ccccn2)nc1OC. The van der Waals surface area contributed by atoms with E-state index < -0.39 is 5.97 Å². The Morgan fingerprint density at radius 1 is 1.44 bits per heavy atom. The van der Waals surface area contributed by atoms with Gasteiger partial charge in [-0.25, -0.2) is 4.79 Å². The molecule has 0 unspecified atom stereocenters. The minimum atomic E-state index is -0.422. The number of ether oxygens (including phenoxy) is 2. The Morgan fingerprint density at radius 3 is 2.89 bits per heavy atom. The number of thiazole rings is 1. The highest BCUT2D eigenvalue weighted by atomic mass is 32.1. The lowest BCUT2D eigenvalue weighted by Crippen LogP contribution is -2.04. The van der Waals surface area contributed by atoms with Crippen molar-refractivity contribution >= 4 is 17.3 Å². The molecule has 0 atom stereocenters. The predicted molar refractivity (Wildman–Crippen MR) is 67.9 cm³/mol. The van der Waals surface area contributed by atoms with E-state index in [0.29, 0.717) is 22.2 Å². The van der Waals surface area contributed by atoms with Gasteiger partial charge in [-0.05, 0) is 19.1 Å².